The second-order valence-electron chi connectivity index (χ2n) is 4.75. The first-order valence-corrected chi connectivity index (χ1v) is 7.93. The minimum absolute atomic E-state index is 0.0181. The lowest BCUT2D eigenvalue weighted by Gasteiger charge is -2.35. The summed E-state index contributed by atoms with van der Waals surface area (Å²) < 4.78 is 25.3. The number of carboxylic acid groups (broad SMARTS) is 1. The lowest BCUT2D eigenvalue weighted by atomic mass is 9.98. The lowest BCUT2D eigenvalue weighted by molar-refractivity contribution is -0.144. The number of nitrogens with one attached hydrogen (secondary N) is 1. The molecule has 0 aliphatic carbocycles. The van der Waals surface area contributed by atoms with Gasteiger partial charge in [-0.3, -0.25) is 9.69 Å². The zero-order valence-electron chi connectivity index (χ0n) is 10.9. The Morgan fingerprint density at radius 3 is 2.72 bits per heavy atom. The first kappa shape index (κ1) is 15.4. The van der Waals surface area contributed by atoms with Crippen molar-refractivity contribution in [2.75, 3.05) is 25.9 Å². The highest BCUT2D eigenvalue weighted by Gasteiger charge is 2.30. The summed E-state index contributed by atoms with van der Waals surface area (Å²) in [4.78, 5) is 13.0. The minimum Gasteiger partial charge on any atom is -0.480 e. The van der Waals surface area contributed by atoms with Crippen molar-refractivity contribution in [3.05, 3.63) is 0 Å². The van der Waals surface area contributed by atoms with E-state index in [4.69, 9.17) is 5.11 Å². The maximum Gasteiger partial charge on any atom is 0.320 e. The van der Waals surface area contributed by atoms with Crippen LogP contribution in [0.5, 0.6) is 0 Å². The molecule has 0 aromatic heterocycles. The standard InChI is InChI=1S/C11H22N2O4S/c1-3-10(11(14)15)13-6-4-5-9(7-13)8-18(16,17)12-2/h9-10,12H,3-8H2,1-2H3,(H,14,15). The lowest BCUT2D eigenvalue weighted by Crippen LogP contribution is -2.48. The molecule has 1 heterocycles. The van der Waals surface area contributed by atoms with E-state index >= 15 is 0 Å². The van der Waals surface area contributed by atoms with Gasteiger partial charge in [0.05, 0.1) is 5.75 Å². The summed E-state index contributed by atoms with van der Waals surface area (Å²) in [7, 11) is -1.81. The van der Waals surface area contributed by atoms with Gasteiger partial charge >= 0.3 is 5.97 Å². The van der Waals surface area contributed by atoms with E-state index in [2.05, 4.69) is 4.72 Å². The van der Waals surface area contributed by atoms with Gasteiger partial charge in [0.15, 0.2) is 0 Å². The highest BCUT2D eigenvalue weighted by atomic mass is 32.2. The number of hydrogen-bond acceptors (Lipinski definition) is 4. The van der Waals surface area contributed by atoms with Crippen LogP contribution in [0.2, 0.25) is 0 Å². The molecule has 2 unspecified atom stereocenters. The zero-order valence-corrected chi connectivity index (χ0v) is 11.7. The van der Waals surface area contributed by atoms with E-state index in [1.165, 1.54) is 7.05 Å². The quantitative estimate of drug-likeness (QED) is 0.720. The number of aliphatic carboxylic acids is 1. The fourth-order valence-corrected chi connectivity index (χ4v) is 3.56. The summed E-state index contributed by atoms with van der Waals surface area (Å²) in [6.07, 6.45) is 2.24. The third-order valence-corrected chi connectivity index (χ3v) is 4.96. The van der Waals surface area contributed by atoms with Crippen LogP contribution < -0.4 is 4.72 Å². The average Bonchev–Trinajstić information content (AvgIpc) is 2.29. The van der Waals surface area contributed by atoms with Crippen molar-refractivity contribution in [3.8, 4) is 0 Å². The Labute approximate surface area is 108 Å². The summed E-state index contributed by atoms with van der Waals surface area (Å²) in [6, 6.07) is -0.495. The maximum absolute atomic E-state index is 11.5. The predicted octanol–water partition coefficient (Wildman–Crippen LogP) is 0.111. The molecule has 2 atom stereocenters. The molecule has 0 spiro atoms. The molecular weight excluding hydrogens is 256 g/mol. The largest absolute Gasteiger partial charge is 0.480 e. The molecule has 2 N–H and O–H groups in total. The van der Waals surface area contributed by atoms with Crippen molar-refractivity contribution >= 4 is 16.0 Å². The van der Waals surface area contributed by atoms with E-state index in [0.717, 1.165) is 19.4 Å². The van der Waals surface area contributed by atoms with Gasteiger partial charge in [-0.15, -0.1) is 0 Å². The minimum atomic E-state index is -3.22. The molecule has 0 bridgehead atoms. The second kappa shape index (κ2) is 6.49. The van der Waals surface area contributed by atoms with Crippen LogP contribution in [0.15, 0.2) is 0 Å². The van der Waals surface area contributed by atoms with Gasteiger partial charge in [-0.25, -0.2) is 13.1 Å². The van der Waals surface area contributed by atoms with Gasteiger partial charge in [0.25, 0.3) is 0 Å². The molecular formula is C11H22N2O4S. The zero-order chi connectivity index (χ0) is 13.8. The Kier molecular flexibility index (Phi) is 5.55. The highest BCUT2D eigenvalue weighted by molar-refractivity contribution is 7.89. The SMILES string of the molecule is CCC(C(=O)O)N1CCCC(CS(=O)(=O)NC)C1. The van der Waals surface area contributed by atoms with Crippen molar-refractivity contribution in [1.29, 1.82) is 0 Å². The molecule has 1 saturated heterocycles. The molecule has 0 aromatic carbocycles. The molecule has 0 aromatic rings. The number of rotatable bonds is 6. The third kappa shape index (κ3) is 4.22. The first-order valence-electron chi connectivity index (χ1n) is 6.27. The molecule has 1 aliphatic rings. The number of hydrogen-bond donors (Lipinski definition) is 2. The summed E-state index contributed by atoms with van der Waals surface area (Å²) in [5, 5.41) is 9.12. The Balaban J connectivity index is 2.63. The molecule has 18 heavy (non-hydrogen) atoms. The number of carbonyl (C=O) groups is 1. The second-order valence-corrected chi connectivity index (χ2v) is 6.72. The monoisotopic (exact) mass is 278 g/mol. The van der Waals surface area contributed by atoms with Gasteiger partial charge in [-0.05, 0) is 38.8 Å². The fourth-order valence-electron chi connectivity index (χ4n) is 2.50. The predicted molar refractivity (Wildman–Crippen MR) is 68.9 cm³/mol. The van der Waals surface area contributed by atoms with Gasteiger partial charge in [0.1, 0.15) is 6.04 Å². The Bertz CT molecular complexity index is 383. The number of piperidine rings is 1. The van der Waals surface area contributed by atoms with E-state index in [1.807, 2.05) is 11.8 Å². The molecule has 106 valence electrons. The van der Waals surface area contributed by atoms with Gasteiger partial charge in [-0.1, -0.05) is 6.92 Å². The van der Waals surface area contributed by atoms with Crippen molar-refractivity contribution in [3.63, 3.8) is 0 Å². The van der Waals surface area contributed by atoms with E-state index in [-0.39, 0.29) is 11.7 Å². The van der Waals surface area contributed by atoms with Crippen LogP contribution in [0.1, 0.15) is 26.2 Å². The van der Waals surface area contributed by atoms with Crippen LogP contribution >= 0.6 is 0 Å². The molecule has 0 amide bonds. The van der Waals surface area contributed by atoms with Crippen molar-refractivity contribution in [2.45, 2.75) is 32.2 Å². The normalized spacial score (nSPS) is 23.8. The Morgan fingerprint density at radius 2 is 2.22 bits per heavy atom. The Morgan fingerprint density at radius 1 is 1.56 bits per heavy atom. The highest BCUT2D eigenvalue weighted by Crippen LogP contribution is 2.21. The number of nitrogens with zero attached hydrogens (tertiary/aromatic N) is 1. The van der Waals surface area contributed by atoms with Crippen LogP contribution in [0.3, 0.4) is 0 Å². The average molecular weight is 278 g/mol. The molecule has 7 heteroatoms. The molecule has 1 aliphatic heterocycles. The first-order chi connectivity index (χ1) is 8.39. The number of sulfonamides is 1. The summed E-state index contributed by atoms with van der Waals surface area (Å²) in [5.41, 5.74) is 0. The van der Waals surface area contributed by atoms with E-state index in [1.54, 1.807) is 0 Å². The molecule has 1 fully saturated rings. The smallest absolute Gasteiger partial charge is 0.320 e. The van der Waals surface area contributed by atoms with Crippen LogP contribution in [0, 0.1) is 5.92 Å². The summed E-state index contributed by atoms with van der Waals surface area (Å²) in [6.45, 7) is 3.12. The molecule has 0 radical (unpaired) electrons. The van der Waals surface area contributed by atoms with Gasteiger partial charge in [0.2, 0.25) is 10.0 Å². The molecule has 1 rings (SSSR count). The van der Waals surface area contributed by atoms with E-state index < -0.39 is 22.0 Å². The van der Waals surface area contributed by atoms with Crippen LogP contribution in [0.25, 0.3) is 0 Å². The Hall–Kier alpha value is -0.660. The molecule has 0 saturated carbocycles. The van der Waals surface area contributed by atoms with Crippen LogP contribution in [-0.2, 0) is 14.8 Å². The van der Waals surface area contributed by atoms with Crippen molar-refractivity contribution in [1.82, 2.24) is 9.62 Å². The van der Waals surface area contributed by atoms with Crippen molar-refractivity contribution < 1.29 is 18.3 Å². The van der Waals surface area contributed by atoms with Crippen molar-refractivity contribution in [2.24, 2.45) is 5.92 Å². The maximum atomic E-state index is 11.5. The number of carboxylic acids is 1. The summed E-state index contributed by atoms with van der Waals surface area (Å²) >= 11 is 0. The molecule has 6 nitrogen and oxygen atoms in total. The topological polar surface area (TPSA) is 86.7 Å². The van der Waals surface area contributed by atoms with E-state index in [0.29, 0.717) is 13.0 Å². The van der Waals surface area contributed by atoms with Crippen LogP contribution in [0.4, 0.5) is 0 Å². The third-order valence-electron chi connectivity index (χ3n) is 3.43. The van der Waals surface area contributed by atoms with E-state index in [9.17, 15) is 13.2 Å². The van der Waals surface area contributed by atoms with Gasteiger partial charge in [0, 0.05) is 6.54 Å². The van der Waals surface area contributed by atoms with Crippen LogP contribution in [-0.4, -0.2) is 56.3 Å². The van der Waals surface area contributed by atoms with Gasteiger partial charge < -0.3 is 5.11 Å². The number of likely N-dealkylation sites (tertiary alicyclic amines) is 1. The fraction of sp³-hybridized carbons (Fsp3) is 0.909. The summed E-state index contributed by atoms with van der Waals surface area (Å²) in [5.74, 6) is -0.727. The van der Waals surface area contributed by atoms with Gasteiger partial charge in [-0.2, -0.15) is 0 Å².